The number of aromatic nitrogens is 1. The summed E-state index contributed by atoms with van der Waals surface area (Å²) in [6.07, 6.45) is 3.08. The Morgan fingerprint density at radius 2 is 1.92 bits per heavy atom. The third kappa shape index (κ3) is 4.31. The number of hydrogen-bond acceptors (Lipinski definition) is 6. The van der Waals surface area contributed by atoms with Crippen LogP contribution in [0.3, 0.4) is 0 Å². The summed E-state index contributed by atoms with van der Waals surface area (Å²) in [5, 5.41) is 6.68. The van der Waals surface area contributed by atoms with Crippen LogP contribution in [-0.2, 0) is 4.79 Å². The standard InChI is InChI=1S/C17H16N4O4/c1-11(20-21-17(23)12-4-6-18-7-5-12)8-16(22)19-13-2-3-14-15(9-13)25-10-24-14/h2-7,9H,8,10H2,1H3,(H,19,22)(H,21,23)/b20-11+. The van der Waals surface area contributed by atoms with Crippen LogP contribution in [0.4, 0.5) is 5.69 Å². The molecule has 0 saturated heterocycles. The number of nitrogens with one attached hydrogen (secondary N) is 2. The molecule has 1 aliphatic heterocycles. The molecular formula is C17H16N4O4. The molecule has 0 bridgehead atoms. The van der Waals surface area contributed by atoms with Crippen LogP contribution in [0.15, 0.2) is 47.8 Å². The van der Waals surface area contributed by atoms with Gasteiger partial charge in [-0.3, -0.25) is 14.6 Å². The summed E-state index contributed by atoms with van der Waals surface area (Å²) >= 11 is 0. The van der Waals surface area contributed by atoms with Crippen LogP contribution < -0.4 is 20.2 Å². The molecular weight excluding hydrogens is 324 g/mol. The number of carbonyl (C=O) groups excluding carboxylic acids is 2. The maximum Gasteiger partial charge on any atom is 0.271 e. The molecule has 0 atom stereocenters. The summed E-state index contributed by atoms with van der Waals surface area (Å²) in [6, 6.07) is 8.30. The van der Waals surface area contributed by atoms with E-state index in [2.05, 4.69) is 20.8 Å². The Kier molecular flexibility index (Phi) is 4.89. The average Bonchev–Trinajstić information content (AvgIpc) is 3.08. The lowest BCUT2D eigenvalue weighted by Crippen LogP contribution is -2.21. The quantitative estimate of drug-likeness (QED) is 0.640. The van der Waals surface area contributed by atoms with Crippen LogP contribution in [-0.4, -0.2) is 29.3 Å². The van der Waals surface area contributed by atoms with Gasteiger partial charge in [-0.25, -0.2) is 5.43 Å². The zero-order valence-corrected chi connectivity index (χ0v) is 13.5. The molecule has 1 aromatic heterocycles. The van der Waals surface area contributed by atoms with Gasteiger partial charge in [-0.15, -0.1) is 0 Å². The van der Waals surface area contributed by atoms with Crippen LogP contribution in [0.2, 0.25) is 0 Å². The van der Waals surface area contributed by atoms with Crippen molar-refractivity contribution in [2.45, 2.75) is 13.3 Å². The van der Waals surface area contributed by atoms with E-state index in [-0.39, 0.29) is 25.0 Å². The summed E-state index contributed by atoms with van der Waals surface area (Å²) in [5.41, 5.74) is 3.92. The molecule has 2 aromatic rings. The largest absolute Gasteiger partial charge is 0.454 e. The van der Waals surface area contributed by atoms with E-state index < -0.39 is 0 Å². The van der Waals surface area contributed by atoms with Crippen molar-refractivity contribution in [1.29, 1.82) is 0 Å². The molecule has 8 heteroatoms. The molecule has 0 unspecified atom stereocenters. The van der Waals surface area contributed by atoms with E-state index in [0.717, 1.165) is 0 Å². The maximum absolute atomic E-state index is 12.1. The number of ether oxygens (including phenoxy) is 2. The Bertz CT molecular complexity index is 821. The van der Waals surface area contributed by atoms with Gasteiger partial charge in [-0.05, 0) is 31.2 Å². The predicted octanol–water partition coefficient (Wildman–Crippen LogP) is 1.94. The van der Waals surface area contributed by atoms with Gasteiger partial charge in [0.1, 0.15) is 0 Å². The minimum atomic E-state index is -0.363. The van der Waals surface area contributed by atoms with Gasteiger partial charge in [-0.2, -0.15) is 5.10 Å². The number of rotatable bonds is 5. The lowest BCUT2D eigenvalue weighted by Gasteiger charge is -2.06. The van der Waals surface area contributed by atoms with Gasteiger partial charge < -0.3 is 14.8 Å². The van der Waals surface area contributed by atoms with Gasteiger partial charge in [0.15, 0.2) is 11.5 Å². The Hall–Kier alpha value is -3.42. The molecule has 128 valence electrons. The van der Waals surface area contributed by atoms with Crippen molar-refractivity contribution in [3.05, 3.63) is 48.3 Å². The van der Waals surface area contributed by atoms with Crippen molar-refractivity contribution in [3.8, 4) is 11.5 Å². The van der Waals surface area contributed by atoms with E-state index in [0.29, 0.717) is 28.5 Å². The van der Waals surface area contributed by atoms with Gasteiger partial charge in [0.25, 0.3) is 5.91 Å². The first kappa shape index (κ1) is 16.4. The minimum absolute atomic E-state index is 0.0467. The summed E-state index contributed by atoms with van der Waals surface area (Å²) in [5.74, 6) is 0.624. The lowest BCUT2D eigenvalue weighted by atomic mass is 10.2. The van der Waals surface area contributed by atoms with Crippen LogP contribution in [0.5, 0.6) is 11.5 Å². The molecule has 0 saturated carbocycles. The van der Waals surface area contributed by atoms with Gasteiger partial charge in [0.05, 0.1) is 6.42 Å². The molecule has 0 spiro atoms. The second-order valence-electron chi connectivity index (χ2n) is 5.32. The summed E-state index contributed by atoms with van der Waals surface area (Å²) in [4.78, 5) is 27.8. The fourth-order valence-corrected chi connectivity index (χ4v) is 2.17. The summed E-state index contributed by atoms with van der Waals surface area (Å²) < 4.78 is 10.5. The highest BCUT2D eigenvalue weighted by molar-refractivity contribution is 6.06. The molecule has 2 heterocycles. The van der Waals surface area contributed by atoms with Crippen LogP contribution in [0, 0.1) is 0 Å². The molecule has 8 nitrogen and oxygen atoms in total. The third-order valence-corrected chi connectivity index (χ3v) is 3.36. The monoisotopic (exact) mass is 340 g/mol. The van der Waals surface area contributed by atoms with Gasteiger partial charge >= 0.3 is 0 Å². The number of amides is 2. The predicted molar refractivity (Wildman–Crippen MR) is 90.6 cm³/mol. The number of hydrogen-bond donors (Lipinski definition) is 2. The number of pyridine rings is 1. The van der Waals surface area contributed by atoms with Crippen molar-refractivity contribution < 1.29 is 19.1 Å². The van der Waals surface area contributed by atoms with Crippen molar-refractivity contribution in [2.75, 3.05) is 12.1 Å². The second-order valence-corrected chi connectivity index (χ2v) is 5.32. The summed E-state index contributed by atoms with van der Waals surface area (Å²) in [7, 11) is 0. The van der Waals surface area contributed by atoms with Crippen LogP contribution >= 0.6 is 0 Å². The van der Waals surface area contributed by atoms with E-state index in [4.69, 9.17) is 9.47 Å². The number of fused-ring (bicyclic) bond motifs is 1. The smallest absolute Gasteiger partial charge is 0.271 e. The molecule has 1 aromatic carbocycles. The van der Waals surface area contributed by atoms with E-state index in [1.165, 1.54) is 12.4 Å². The van der Waals surface area contributed by atoms with Crippen molar-refractivity contribution in [1.82, 2.24) is 10.4 Å². The van der Waals surface area contributed by atoms with Gasteiger partial charge in [-0.1, -0.05) is 0 Å². The van der Waals surface area contributed by atoms with Crippen molar-refractivity contribution in [2.24, 2.45) is 5.10 Å². The Balaban J connectivity index is 1.52. The fraction of sp³-hybridized carbons (Fsp3) is 0.176. The normalized spacial score (nSPS) is 12.6. The molecule has 25 heavy (non-hydrogen) atoms. The zero-order chi connectivity index (χ0) is 17.6. The number of nitrogens with zero attached hydrogens (tertiary/aromatic N) is 2. The first-order valence-corrected chi connectivity index (χ1v) is 7.55. The van der Waals surface area contributed by atoms with Crippen molar-refractivity contribution in [3.63, 3.8) is 0 Å². The number of anilines is 1. The highest BCUT2D eigenvalue weighted by atomic mass is 16.7. The Labute approximate surface area is 143 Å². The zero-order valence-electron chi connectivity index (χ0n) is 13.5. The molecule has 2 amide bonds. The lowest BCUT2D eigenvalue weighted by molar-refractivity contribution is -0.115. The van der Waals surface area contributed by atoms with Gasteiger partial charge in [0, 0.05) is 35.4 Å². The van der Waals surface area contributed by atoms with Crippen LogP contribution in [0.25, 0.3) is 0 Å². The second kappa shape index (κ2) is 7.43. The third-order valence-electron chi connectivity index (χ3n) is 3.36. The Morgan fingerprint density at radius 1 is 1.16 bits per heavy atom. The maximum atomic E-state index is 12.1. The number of carbonyl (C=O) groups is 2. The van der Waals surface area contributed by atoms with Gasteiger partial charge in [0.2, 0.25) is 12.7 Å². The van der Waals surface area contributed by atoms with E-state index in [1.54, 1.807) is 37.3 Å². The summed E-state index contributed by atoms with van der Waals surface area (Å²) in [6.45, 7) is 1.84. The number of benzene rings is 1. The highest BCUT2D eigenvalue weighted by Crippen LogP contribution is 2.34. The average molecular weight is 340 g/mol. The van der Waals surface area contributed by atoms with Crippen molar-refractivity contribution >= 4 is 23.2 Å². The molecule has 2 N–H and O–H groups in total. The molecule has 3 rings (SSSR count). The molecule has 0 radical (unpaired) electrons. The molecule has 1 aliphatic rings. The minimum Gasteiger partial charge on any atom is -0.454 e. The highest BCUT2D eigenvalue weighted by Gasteiger charge is 2.14. The first-order valence-electron chi connectivity index (χ1n) is 7.55. The molecule has 0 fully saturated rings. The SMILES string of the molecule is C/C(CC(=O)Nc1ccc2c(c1)OCO2)=N\NC(=O)c1ccncc1. The first-order chi connectivity index (χ1) is 12.1. The fourth-order valence-electron chi connectivity index (χ4n) is 2.17. The topological polar surface area (TPSA) is 102 Å². The molecule has 0 aliphatic carbocycles. The Morgan fingerprint density at radius 3 is 2.72 bits per heavy atom. The van der Waals surface area contributed by atoms with E-state index in [1.807, 2.05) is 0 Å². The van der Waals surface area contributed by atoms with E-state index >= 15 is 0 Å². The van der Waals surface area contributed by atoms with Crippen LogP contribution in [0.1, 0.15) is 23.7 Å². The van der Waals surface area contributed by atoms with E-state index in [9.17, 15) is 9.59 Å². The number of hydrazone groups is 1.